The summed E-state index contributed by atoms with van der Waals surface area (Å²) in [5.74, 6) is 2.20. The van der Waals surface area contributed by atoms with E-state index in [0.29, 0.717) is 17.6 Å². The second-order valence-electron chi connectivity index (χ2n) is 6.72. The van der Waals surface area contributed by atoms with Crippen LogP contribution in [0.1, 0.15) is 48.9 Å². The molecule has 1 fully saturated rings. The average Bonchev–Trinajstić information content (AvgIpc) is 3.33. The van der Waals surface area contributed by atoms with Crippen molar-refractivity contribution < 1.29 is 4.52 Å². The number of hydrogen-bond donors (Lipinski definition) is 0. The number of aromatic nitrogens is 5. The quantitative estimate of drug-likeness (QED) is 0.730. The van der Waals surface area contributed by atoms with Gasteiger partial charge in [-0.15, -0.1) is 5.10 Å². The molecular weight excluding hydrogens is 318 g/mol. The molecule has 2 heterocycles. The van der Waals surface area contributed by atoms with Gasteiger partial charge < -0.3 is 4.52 Å². The van der Waals surface area contributed by atoms with Crippen molar-refractivity contribution in [3.05, 3.63) is 52.0 Å². The average molecular weight is 339 g/mol. The molecule has 0 bridgehead atoms. The first-order valence-electron chi connectivity index (χ1n) is 8.65. The maximum atomic E-state index is 12.5. The van der Waals surface area contributed by atoms with E-state index in [-0.39, 0.29) is 12.2 Å². The second-order valence-corrected chi connectivity index (χ2v) is 6.72. The van der Waals surface area contributed by atoms with Crippen molar-refractivity contribution in [3.8, 4) is 11.4 Å². The van der Waals surface area contributed by atoms with E-state index in [4.69, 9.17) is 4.52 Å². The smallest absolute Gasteiger partial charge is 0.337 e. The fraction of sp³-hybridized carbons (Fsp3) is 0.444. The van der Waals surface area contributed by atoms with Crippen molar-refractivity contribution >= 4 is 0 Å². The van der Waals surface area contributed by atoms with Crippen molar-refractivity contribution in [1.29, 1.82) is 0 Å². The molecule has 1 aliphatic rings. The highest BCUT2D eigenvalue weighted by atomic mass is 16.5. The number of hydrogen-bond acceptors (Lipinski definition) is 5. The van der Waals surface area contributed by atoms with Gasteiger partial charge in [-0.2, -0.15) is 4.98 Å². The van der Waals surface area contributed by atoms with Crippen LogP contribution in [0, 0.1) is 6.92 Å². The van der Waals surface area contributed by atoms with E-state index >= 15 is 0 Å². The fourth-order valence-corrected chi connectivity index (χ4v) is 3.36. The highest BCUT2D eigenvalue weighted by Crippen LogP contribution is 2.32. The summed E-state index contributed by atoms with van der Waals surface area (Å²) in [6.45, 7) is 2.22. The molecule has 0 spiro atoms. The molecule has 4 rings (SSSR count). The highest BCUT2D eigenvalue weighted by Gasteiger charge is 2.23. The van der Waals surface area contributed by atoms with Crippen LogP contribution in [0.4, 0.5) is 0 Å². The van der Waals surface area contributed by atoms with Gasteiger partial charge in [0.25, 0.3) is 0 Å². The number of benzene rings is 1. The summed E-state index contributed by atoms with van der Waals surface area (Å²) in [6, 6.07) is 7.94. The zero-order chi connectivity index (χ0) is 17.4. The first-order valence-corrected chi connectivity index (χ1v) is 8.65. The third-order valence-electron chi connectivity index (χ3n) is 4.84. The monoisotopic (exact) mass is 339 g/mol. The van der Waals surface area contributed by atoms with Gasteiger partial charge in [0.15, 0.2) is 11.6 Å². The fourth-order valence-electron chi connectivity index (χ4n) is 3.36. The standard InChI is InChI=1S/C18H21N5O2/c1-12-7-9-14(10-8-12)17-20-23(18(24)22(17)2)11-15-19-16(21-25-15)13-5-3-4-6-13/h7-10,13H,3-6,11H2,1-2H3. The number of aryl methyl sites for hydroxylation is 1. The lowest BCUT2D eigenvalue weighted by Gasteiger charge is -1.99. The van der Waals surface area contributed by atoms with Crippen molar-refractivity contribution in [2.45, 2.75) is 45.1 Å². The lowest BCUT2D eigenvalue weighted by Crippen LogP contribution is -2.23. The van der Waals surface area contributed by atoms with Crippen LogP contribution in [0.3, 0.4) is 0 Å². The van der Waals surface area contributed by atoms with Gasteiger partial charge in [-0.1, -0.05) is 47.8 Å². The van der Waals surface area contributed by atoms with Crippen LogP contribution in [0.2, 0.25) is 0 Å². The van der Waals surface area contributed by atoms with Gasteiger partial charge >= 0.3 is 5.69 Å². The summed E-state index contributed by atoms with van der Waals surface area (Å²) in [6.07, 6.45) is 4.66. The molecule has 2 aromatic heterocycles. The first-order chi connectivity index (χ1) is 12.1. The summed E-state index contributed by atoms with van der Waals surface area (Å²) in [5, 5.41) is 8.54. The lowest BCUT2D eigenvalue weighted by molar-refractivity contribution is 0.356. The van der Waals surface area contributed by atoms with Crippen LogP contribution in [-0.2, 0) is 13.6 Å². The van der Waals surface area contributed by atoms with E-state index in [1.54, 1.807) is 11.6 Å². The molecule has 0 unspecified atom stereocenters. The maximum absolute atomic E-state index is 12.5. The number of nitrogens with zero attached hydrogens (tertiary/aromatic N) is 5. The molecule has 3 aromatic rings. The van der Waals surface area contributed by atoms with E-state index < -0.39 is 0 Å². The summed E-state index contributed by atoms with van der Waals surface area (Å²) in [4.78, 5) is 16.9. The maximum Gasteiger partial charge on any atom is 0.346 e. The third kappa shape index (κ3) is 3.01. The first kappa shape index (κ1) is 15.8. The van der Waals surface area contributed by atoms with E-state index in [9.17, 15) is 4.79 Å². The minimum Gasteiger partial charge on any atom is -0.337 e. The van der Waals surface area contributed by atoms with Crippen LogP contribution in [0.25, 0.3) is 11.4 Å². The predicted molar refractivity (Wildman–Crippen MR) is 92.3 cm³/mol. The molecule has 1 aromatic carbocycles. The van der Waals surface area contributed by atoms with E-state index in [1.165, 1.54) is 23.1 Å². The molecule has 130 valence electrons. The molecular formula is C18H21N5O2. The van der Waals surface area contributed by atoms with Crippen LogP contribution in [0.5, 0.6) is 0 Å². The Labute approximate surface area is 145 Å². The molecule has 0 amide bonds. The van der Waals surface area contributed by atoms with Gasteiger partial charge in [0.05, 0.1) is 0 Å². The van der Waals surface area contributed by atoms with Crippen LogP contribution < -0.4 is 5.69 Å². The Morgan fingerprint density at radius 3 is 2.64 bits per heavy atom. The summed E-state index contributed by atoms with van der Waals surface area (Å²) in [5.41, 5.74) is 1.87. The molecule has 0 N–H and O–H groups in total. The highest BCUT2D eigenvalue weighted by molar-refractivity contribution is 5.55. The van der Waals surface area contributed by atoms with E-state index in [0.717, 1.165) is 24.2 Å². The summed E-state index contributed by atoms with van der Waals surface area (Å²) >= 11 is 0. The largest absolute Gasteiger partial charge is 0.346 e. The van der Waals surface area contributed by atoms with Gasteiger partial charge in [-0.25, -0.2) is 9.48 Å². The van der Waals surface area contributed by atoms with Crippen molar-refractivity contribution in [1.82, 2.24) is 24.5 Å². The summed E-state index contributed by atoms with van der Waals surface area (Å²) in [7, 11) is 1.72. The van der Waals surface area contributed by atoms with Gasteiger partial charge in [0.1, 0.15) is 6.54 Å². The molecule has 7 heteroatoms. The molecule has 0 atom stereocenters. The topological polar surface area (TPSA) is 78.7 Å². The Bertz CT molecular complexity index is 929. The van der Waals surface area contributed by atoms with Crippen LogP contribution in [0.15, 0.2) is 33.6 Å². The van der Waals surface area contributed by atoms with Gasteiger partial charge in [-0.05, 0) is 19.8 Å². The Hall–Kier alpha value is -2.70. The molecule has 1 saturated carbocycles. The van der Waals surface area contributed by atoms with Gasteiger partial charge in [-0.3, -0.25) is 4.57 Å². The lowest BCUT2D eigenvalue weighted by atomic mass is 10.1. The molecule has 25 heavy (non-hydrogen) atoms. The van der Waals surface area contributed by atoms with Crippen molar-refractivity contribution in [3.63, 3.8) is 0 Å². The van der Waals surface area contributed by atoms with Crippen molar-refractivity contribution in [2.24, 2.45) is 7.05 Å². The SMILES string of the molecule is Cc1ccc(-c2nn(Cc3nc(C4CCCC4)no3)c(=O)n2C)cc1. The zero-order valence-corrected chi connectivity index (χ0v) is 14.5. The van der Waals surface area contributed by atoms with Crippen LogP contribution >= 0.6 is 0 Å². The zero-order valence-electron chi connectivity index (χ0n) is 14.5. The minimum atomic E-state index is -0.198. The Morgan fingerprint density at radius 1 is 1.20 bits per heavy atom. The normalized spacial score (nSPS) is 15.1. The van der Waals surface area contributed by atoms with Gasteiger partial charge in [0.2, 0.25) is 5.89 Å². The van der Waals surface area contributed by atoms with E-state index in [1.807, 2.05) is 31.2 Å². The molecule has 0 radical (unpaired) electrons. The van der Waals surface area contributed by atoms with Gasteiger partial charge in [0, 0.05) is 18.5 Å². The van der Waals surface area contributed by atoms with Crippen LogP contribution in [-0.4, -0.2) is 24.5 Å². The molecule has 0 saturated heterocycles. The Morgan fingerprint density at radius 2 is 1.92 bits per heavy atom. The molecule has 1 aliphatic carbocycles. The molecule has 7 nitrogen and oxygen atoms in total. The minimum absolute atomic E-state index is 0.193. The summed E-state index contributed by atoms with van der Waals surface area (Å²) < 4.78 is 8.25. The Balaban J connectivity index is 1.60. The Kier molecular flexibility index (Phi) is 3.99. The van der Waals surface area contributed by atoms with Crippen molar-refractivity contribution in [2.75, 3.05) is 0 Å². The predicted octanol–water partition coefficient (Wildman–Crippen LogP) is 2.65. The number of rotatable bonds is 4. The van der Waals surface area contributed by atoms with E-state index in [2.05, 4.69) is 15.2 Å². The third-order valence-corrected chi connectivity index (χ3v) is 4.84. The molecule has 0 aliphatic heterocycles. The second kappa shape index (κ2) is 6.31.